The largest absolute Gasteiger partial charge is 1.00 e. The molecule has 2 aromatic carbocycles. The van der Waals surface area contributed by atoms with Crippen LogP contribution >= 0.6 is 0 Å². The smallest absolute Gasteiger partial charge is 1.00 e. The fourth-order valence-electron chi connectivity index (χ4n) is 10.0. The Bertz CT molecular complexity index is 3490. The van der Waals surface area contributed by atoms with Crippen LogP contribution in [0.3, 0.4) is 0 Å². The van der Waals surface area contributed by atoms with Gasteiger partial charge in [0.2, 0.25) is 12.6 Å². The number of aliphatic hydroxyl groups is 2. The van der Waals surface area contributed by atoms with Crippen molar-refractivity contribution in [3.63, 3.8) is 0 Å². The fourth-order valence-corrected chi connectivity index (χ4v) is 10.0. The third-order valence-corrected chi connectivity index (χ3v) is 14.2. The molecule has 7 aromatic rings. The van der Waals surface area contributed by atoms with Crippen molar-refractivity contribution < 1.29 is 117 Å². The van der Waals surface area contributed by atoms with Crippen LogP contribution in [0.25, 0.3) is 21.9 Å². The molecular weight excluding hydrogens is 1070 g/mol. The van der Waals surface area contributed by atoms with E-state index in [9.17, 15) is 49.2 Å². The molecule has 5 aromatic heterocycles. The Balaban J connectivity index is 0.00000484. The summed E-state index contributed by atoms with van der Waals surface area (Å²) < 4.78 is 58.3. The third-order valence-electron chi connectivity index (χ3n) is 14.2. The van der Waals surface area contributed by atoms with Crippen molar-refractivity contribution in [3.05, 3.63) is 126 Å². The van der Waals surface area contributed by atoms with Gasteiger partial charge < -0.3 is 94.2 Å². The average molecular weight is 1130 g/mol. The van der Waals surface area contributed by atoms with Gasteiger partial charge in [0, 0.05) is 42.9 Å². The zero-order valence-corrected chi connectivity index (χ0v) is 48.1. The number of benzene rings is 2. The number of anilines is 2. The first-order valence-corrected chi connectivity index (χ1v) is 25.0. The molecule has 0 radical (unpaired) electrons. The van der Waals surface area contributed by atoms with Crippen LogP contribution in [0.5, 0.6) is 23.0 Å². The van der Waals surface area contributed by atoms with E-state index in [0.717, 1.165) is 6.20 Å². The second kappa shape index (κ2) is 22.8. The van der Waals surface area contributed by atoms with Crippen LogP contribution in [0.2, 0.25) is 0 Å². The van der Waals surface area contributed by atoms with Crippen LogP contribution in [0, 0.1) is 34.6 Å². The molecule has 81 heavy (non-hydrogen) atoms. The molecule has 9 rings (SSSR count). The van der Waals surface area contributed by atoms with E-state index in [0.29, 0.717) is 11.4 Å². The number of hydrogen-bond donors (Lipinski definition) is 9. The molecular formula is C55H60N5NaO20. The molecule has 0 bridgehead atoms. The number of aryl methyl sites for hydroxylation is 4. The second-order valence-electron chi connectivity index (χ2n) is 20.5. The minimum absolute atomic E-state index is 0. The predicted octanol–water partition coefficient (Wildman–Crippen LogP) is 2.69. The molecule has 8 atom stereocenters. The van der Waals surface area contributed by atoms with Crippen LogP contribution < -0.4 is 60.9 Å². The molecule has 2 aliphatic rings. The number of aromatic hydroxyl groups is 2. The summed E-state index contributed by atoms with van der Waals surface area (Å²) in [6.45, 7) is 14.6. The van der Waals surface area contributed by atoms with Crippen LogP contribution in [-0.2, 0) is 28.4 Å². The Kier molecular flexibility index (Phi) is 16.8. The minimum Gasteiger partial charge on any atom is -1.00 e. The maximum Gasteiger partial charge on any atom is 1.00 e. The monoisotopic (exact) mass is 1130 g/mol. The van der Waals surface area contributed by atoms with Crippen LogP contribution in [-0.4, -0.2) is 134 Å². The van der Waals surface area contributed by atoms with Gasteiger partial charge in [-0.3, -0.25) is 9.59 Å². The number of methoxy groups -OCH3 is 2. The molecule has 2 saturated heterocycles. The van der Waals surface area contributed by atoms with Crippen molar-refractivity contribution in [1.82, 2.24) is 15.0 Å². The van der Waals surface area contributed by atoms with E-state index in [1.165, 1.54) is 71.4 Å². The van der Waals surface area contributed by atoms with Crippen molar-refractivity contribution in [2.24, 2.45) is 0 Å². The summed E-state index contributed by atoms with van der Waals surface area (Å²) in [5, 5.41) is 50.4. The summed E-state index contributed by atoms with van der Waals surface area (Å²) in [5.74, 6) is -4.71. The topological polar surface area (TPSA) is 355 Å². The van der Waals surface area contributed by atoms with E-state index in [1.54, 1.807) is 53.7 Å². The number of amides is 2. The molecule has 25 nitrogen and oxygen atoms in total. The molecule has 2 aliphatic heterocycles. The number of carbonyl (C=O) groups excluding carboxylic acids is 4. The van der Waals surface area contributed by atoms with Crippen molar-refractivity contribution >= 4 is 57.1 Å². The summed E-state index contributed by atoms with van der Waals surface area (Å²) in [7, 11) is 2.76. The van der Waals surface area contributed by atoms with Crippen molar-refractivity contribution in [2.75, 3.05) is 24.9 Å². The number of fused-ring (bicyclic) bond motifs is 2. The van der Waals surface area contributed by atoms with Crippen LogP contribution in [0.4, 0.5) is 11.4 Å². The Morgan fingerprint density at radius 3 is 1.40 bits per heavy atom. The number of hydrogen-bond acceptors (Lipinski definition) is 20. The fraction of sp³-hybridized carbons (Fsp3) is 0.382. The first-order chi connectivity index (χ1) is 37.7. The summed E-state index contributed by atoms with van der Waals surface area (Å²) in [5.41, 5.74) is -4.60. The molecule has 0 aliphatic carbocycles. The van der Waals surface area contributed by atoms with Crippen LogP contribution in [0.1, 0.15) is 99.0 Å². The number of nitrogens with one attached hydrogen (secondary N) is 5. The van der Waals surface area contributed by atoms with Crippen molar-refractivity contribution in [1.29, 1.82) is 0 Å². The molecule has 26 heteroatoms. The summed E-state index contributed by atoms with van der Waals surface area (Å²) in [6, 6.07) is 11.9. The quantitative estimate of drug-likeness (QED) is 0.0429. The van der Waals surface area contributed by atoms with Gasteiger partial charge in [0.1, 0.15) is 52.0 Å². The van der Waals surface area contributed by atoms with Crippen molar-refractivity contribution in [2.45, 2.75) is 123 Å². The van der Waals surface area contributed by atoms with Gasteiger partial charge in [-0.15, -0.1) is 0 Å². The standard InChI is InChI=1S/C55H59N5O20.Na.H/c1-21-12-16-29(57-21)48(67)77-42-38(63)52(79-54(6,7)44(42)71-10)73-31-18-14-26-36(61)34(50(69)75-40(26)24(31)4)59-46(65)28-20-56-33(23(28)3)47(66)60-35-37(62)27-15-19-32(25(5)41(27)76-51(35)70)74-53-39(64)43(45(72-11)55(8,9)80-53)78-49(68)30-17-13-22(2)58-30;;/h12-20,38-39,42-45,52-53,56-58,61-64H,1-11H3,(H,59,65)(H,60,66);;/q;+1;-1/t38-,39-,42+,43+,44-,45-,52-,53-;;/m1../s1. The SMILES string of the molecule is CO[C@@H]1[C@@H](OC(=O)c2ccc(C)[nH]2)[C@@H](O)[C@H](Oc2ccc3c(O)c(NC(=O)c4c[nH]c(C(=O)Nc5c(O)c6ccc(O[C@@H]7OC(C)(C)[C@H](OC)[C@@H](OC(=O)c8ccc(C)[nH]8)[C@H]7O)c(C)c6oc5=O)c4C)c(=O)oc3c2C)OC1(C)C.[H-].[Na+]. The molecule has 426 valence electrons. The van der Waals surface area contributed by atoms with Crippen molar-refractivity contribution in [3.8, 4) is 23.0 Å². The maximum atomic E-state index is 13.7. The molecule has 0 saturated carbocycles. The third kappa shape index (κ3) is 11.2. The number of aliphatic hydroxyl groups excluding tert-OH is 2. The molecule has 0 unspecified atom stereocenters. The maximum absolute atomic E-state index is 13.7. The summed E-state index contributed by atoms with van der Waals surface area (Å²) >= 11 is 0. The molecule has 2 amide bonds. The Labute approximate surface area is 483 Å². The minimum atomic E-state index is -1.59. The van der Waals surface area contributed by atoms with E-state index in [4.69, 9.17) is 46.7 Å². The Morgan fingerprint density at radius 2 is 1.01 bits per heavy atom. The van der Waals surface area contributed by atoms with E-state index in [1.807, 2.05) is 0 Å². The summed E-state index contributed by atoms with van der Waals surface area (Å²) in [6.07, 6.45) is -9.34. The number of rotatable bonds is 14. The van der Waals surface area contributed by atoms with E-state index in [-0.39, 0.29) is 104 Å². The van der Waals surface area contributed by atoms with Gasteiger partial charge in [0.15, 0.2) is 47.3 Å². The van der Waals surface area contributed by atoms with E-state index in [2.05, 4.69) is 25.6 Å². The first kappa shape index (κ1) is 59.7. The van der Waals surface area contributed by atoms with E-state index < -0.39 is 118 Å². The Hall–Kier alpha value is -7.46. The van der Waals surface area contributed by atoms with Gasteiger partial charge >= 0.3 is 52.7 Å². The van der Waals surface area contributed by atoms with Gasteiger partial charge in [0.05, 0.1) is 27.5 Å². The van der Waals surface area contributed by atoms with Gasteiger partial charge in [-0.05, 0) is 116 Å². The molecule has 7 heterocycles. The number of esters is 2. The predicted molar refractivity (Wildman–Crippen MR) is 283 cm³/mol. The number of ether oxygens (including phenoxy) is 8. The average Bonchev–Trinajstić information content (AvgIpc) is 4.30. The van der Waals surface area contributed by atoms with E-state index >= 15 is 0 Å². The molecule has 2 fully saturated rings. The van der Waals surface area contributed by atoms with Gasteiger partial charge in [-0.25, -0.2) is 19.2 Å². The van der Waals surface area contributed by atoms with Gasteiger partial charge in [-0.2, -0.15) is 0 Å². The molecule has 9 N–H and O–H groups in total. The number of H-pyrrole nitrogens is 3. The first-order valence-electron chi connectivity index (χ1n) is 25.0. The number of aromatic nitrogens is 3. The second-order valence-corrected chi connectivity index (χ2v) is 20.5. The zero-order valence-electron chi connectivity index (χ0n) is 47.1. The normalized spacial score (nSPS) is 22.1. The van der Waals surface area contributed by atoms with Gasteiger partial charge in [-0.1, -0.05) is 0 Å². The summed E-state index contributed by atoms with van der Waals surface area (Å²) in [4.78, 5) is 89.0. The Morgan fingerprint density at radius 1 is 0.605 bits per heavy atom. The molecule has 0 spiro atoms. The zero-order chi connectivity index (χ0) is 58.0. The van der Waals surface area contributed by atoms with Crippen LogP contribution in [0.15, 0.2) is 73.2 Å². The number of aromatic amines is 3. The number of carbonyl (C=O) groups is 4. The van der Waals surface area contributed by atoms with Gasteiger partial charge in [0.25, 0.3) is 11.8 Å².